The number of methoxy groups -OCH3 is 3. The maximum Gasteiger partial charge on any atom is 0.270 e. The smallest absolute Gasteiger partial charge is 0.270 e. The maximum absolute atomic E-state index is 5.49. The standard InChI is InChI=1S/C10H14N2O3/c1-13-7-4-6(10(11)12)5-8(14-2)9(7)15-3/h4-5H,1-3H3,(H3,11,12)/p+1. The van der Waals surface area contributed by atoms with Crippen LogP contribution in [0.5, 0.6) is 17.2 Å². The summed E-state index contributed by atoms with van der Waals surface area (Å²) in [7, 11) is 4.61. The van der Waals surface area contributed by atoms with Gasteiger partial charge in [0.25, 0.3) is 5.84 Å². The van der Waals surface area contributed by atoms with Gasteiger partial charge in [0, 0.05) is 0 Å². The molecular weight excluding hydrogens is 196 g/mol. The highest BCUT2D eigenvalue weighted by Gasteiger charge is 2.15. The Morgan fingerprint density at radius 2 is 1.53 bits per heavy atom. The zero-order valence-corrected chi connectivity index (χ0v) is 9.03. The molecule has 0 spiro atoms. The first-order valence-corrected chi connectivity index (χ1v) is 4.32. The lowest BCUT2D eigenvalue weighted by Crippen LogP contribution is -2.46. The van der Waals surface area contributed by atoms with E-state index >= 15 is 0 Å². The minimum atomic E-state index is 0.203. The van der Waals surface area contributed by atoms with Gasteiger partial charge in [0.15, 0.2) is 11.5 Å². The quantitative estimate of drug-likeness (QED) is 0.503. The number of rotatable bonds is 4. The Labute approximate surface area is 88.3 Å². The first-order valence-electron chi connectivity index (χ1n) is 4.32. The highest BCUT2D eigenvalue weighted by atomic mass is 16.5. The molecule has 0 fully saturated rings. The number of hydrogen-bond donors (Lipinski definition) is 2. The fraction of sp³-hybridized carbons (Fsp3) is 0.300. The van der Waals surface area contributed by atoms with Gasteiger partial charge in [0.05, 0.1) is 26.9 Å². The summed E-state index contributed by atoms with van der Waals surface area (Å²) >= 11 is 0. The second-order valence-electron chi connectivity index (χ2n) is 2.87. The fourth-order valence-corrected chi connectivity index (χ4v) is 1.25. The third-order valence-corrected chi connectivity index (χ3v) is 2.00. The summed E-state index contributed by atoms with van der Waals surface area (Å²) in [6.07, 6.45) is 0. The van der Waals surface area contributed by atoms with Gasteiger partial charge < -0.3 is 14.2 Å². The van der Waals surface area contributed by atoms with Gasteiger partial charge in [-0.3, -0.25) is 11.1 Å². The Bertz CT molecular complexity index is 352. The minimum Gasteiger partial charge on any atom is -0.493 e. The average molecular weight is 211 g/mol. The molecule has 5 nitrogen and oxygen atoms in total. The molecule has 0 heterocycles. The van der Waals surface area contributed by atoms with Gasteiger partial charge in [0.1, 0.15) is 0 Å². The SMILES string of the molecule is COc1cc(C(N)=[NH2+])cc(OC)c1OC. The summed E-state index contributed by atoms with van der Waals surface area (Å²) in [6, 6.07) is 3.38. The second-order valence-corrected chi connectivity index (χ2v) is 2.87. The average Bonchev–Trinajstić information content (AvgIpc) is 2.26. The predicted octanol–water partition coefficient (Wildman–Crippen LogP) is -0.823. The molecule has 5 heteroatoms. The van der Waals surface area contributed by atoms with E-state index in [1.165, 1.54) is 21.3 Å². The molecule has 0 aliphatic heterocycles. The van der Waals surface area contributed by atoms with Crippen LogP contribution in [0.1, 0.15) is 5.56 Å². The van der Waals surface area contributed by atoms with Crippen LogP contribution < -0.4 is 25.4 Å². The van der Waals surface area contributed by atoms with Crippen LogP contribution in [0, 0.1) is 0 Å². The summed E-state index contributed by atoms with van der Waals surface area (Å²) in [4.78, 5) is 0. The van der Waals surface area contributed by atoms with Gasteiger partial charge in [-0.25, -0.2) is 0 Å². The molecule has 0 amide bonds. The Morgan fingerprint density at radius 3 is 1.80 bits per heavy atom. The van der Waals surface area contributed by atoms with Crippen molar-refractivity contribution in [3.63, 3.8) is 0 Å². The summed E-state index contributed by atoms with van der Waals surface area (Å²) in [5, 5.41) is 5.49. The van der Waals surface area contributed by atoms with Crippen LogP contribution in [-0.2, 0) is 0 Å². The van der Waals surface area contributed by atoms with Crippen molar-refractivity contribution in [2.75, 3.05) is 21.3 Å². The Hall–Kier alpha value is -1.91. The van der Waals surface area contributed by atoms with Gasteiger partial charge in [-0.15, -0.1) is 0 Å². The molecule has 82 valence electrons. The van der Waals surface area contributed by atoms with Crippen LogP contribution in [0.15, 0.2) is 12.1 Å². The van der Waals surface area contributed by atoms with Crippen LogP contribution in [0.25, 0.3) is 0 Å². The van der Waals surface area contributed by atoms with Gasteiger partial charge >= 0.3 is 0 Å². The van der Waals surface area contributed by atoms with Crippen molar-refractivity contribution in [1.82, 2.24) is 0 Å². The van der Waals surface area contributed by atoms with E-state index in [2.05, 4.69) is 0 Å². The van der Waals surface area contributed by atoms with Gasteiger partial charge in [0.2, 0.25) is 5.75 Å². The molecule has 15 heavy (non-hydrogen) atoms. The number of hydrogen-bond acceptors (Lipinski definition) is 3. The van der Waals surface area contributed by atoms with Crippen molar-refractivity contribution < 1.29 is 19.6 Å². The fourth-order valence-electron chi connectivity index (χ4n) is 1.25. The van der Waals surface area contributed by atoms with E-state index in [0.29, 0.717) is 22.8 Å². The maximum atomic E-state index is 5.49. The van der Waals surface area contributed by atoms with Crippen molar-refractivity contribution in [3.8, 4) is 17.2 Å². The van der Waals surface area contributed by atoms with E-state index in [0.717, 1.165) is 0 Å². The molecule has 0 aromatic heterocycles. The third kappa shape index (κ3) is 2.12. The number of benzene rings is 1. The Balaban J connectivity index is 3.35. The van der Waals surface area contributed by atoms with E-state index in [9.17, 15) is 0 Å². The molecule has 4 N–H and O–H groups in total. The van der Waals surface area contributed by atoms with E-state index in [-0.39, 0.29) is 5.84 Å². The van der Waals surface area contributed by atoms with Gasteiger partial charge in [-0.2, -0.15) is 0 Å². The third-order valence-electron chi connectivity index (χ3n) is 2.00. The van der Waals surface area contributed by atoms with Crippen molar-refractivity contribution in [2.24, 2.45) is 5.73 Å². The summed E-state index contributed by atoms with van der Waals surface area (Å²) in [5.41, 5.74) is 6.14. The number of amidine groups is 1. The van der Waals surface area contributed by atoms with Crippen molar-refractivity contribution in [1.29, 1.82) is 0 Å². The normalized spacial score (nSPS) is 9.53. The Kier molecular flexibility index (Phi) is 3.38. The molecular formula is C10H15N2O3+. The topological polar surface area (TPSA) is 79.3 Å². The molecule has 0 aliphatic rings. The monoisotopic (exact) mass is 211 g/mol. The zero-order valence-electron chi connectivity index (χ0n) is 9.03. The molecule has 0 unspecified atom stereocenters. The minimum absolute atomic E-state index is 0.203. The van der Waals surface area contributed by atoms with Crippen molar-refractivity contribution >= 4 is 5.84 Å². The second kappa shape index (κ2) is 4.54. The summed E-state index contributed by atoms with van der Waals surface area (Å²) in [6.45, 7) is 0. The van der Waals surface area contributed by atoms with E-state index < -0.39 is 0 Å². The lowest BCUT2D eigenvalue weighted by Gasteiger charge is -2.12. The molecule has 1 aromatic carbocycles. The van der Waals surface area contributed by atoms with Crippen LogP contribution in [-0.4, -0.2) is 27.2 Å². The number of nitrogens with two attached hydrogens (primary N) is 2. The van der Waals surface area contributed by atoms with Crippen LogP contribution >= 0.6 is 0 Å². The van der Waals surface area contributed by atoms with Gasteiger partial charge in [-0.05, 0) is 12.1 Å². The molecule has 1 aromatic rings. The lowest BCUT2D eigenvalue weighted by molar-refractivity contribution is -0.114. The first-order chi connectivity index (χ1) is 7.13. The molecule has 0 aliphatic carbocycles. The summed E-state index contributed by atoms with van der Waals surface area (Å²) in [5.74, 6) is 1.78. The van der Waals surface area contributed by atoms with E-state index in [1.807, 2.05) is 0 Å². The highest BCUT2D eigenvalue weighted by Crippen LogP contribution is 2.37. The molecule has 0 atom stereocenters. The van der Waals surface area contributed by atoms with Crippen molar-refractivity contribution in [3.05, 3.63) is 17.7 Å². The van der Waals surface area contributed by atoms with Crippen LogP contribution in [0.2, 0.25) is 0 Å². The molecule has 0 radical (unpaired) electrons. The van der Waals surface area contributed by atoms with Crippen molar-refractivity contribution in [2.45, 2.75) is 0 Å². The molecule has 0 saturated heterocycles. The Morgan fingerprint density at radius 1 is 1.07 bits per heavy atom. The predicted molar refractivity (Wildman–Crippen MR) is 56.3 cm³/mol. The number of ether oxygens (including phenoxy) is 3. The van der Waals surface area contributed by atoms with Crippen LogP contribution in [0.4, 0.5) is 0 Å². The van der Waals surface area contributed by atoms with E-state index in [4.69, 9.17) is 25.4 Å². The largest absolute Gasteiger partial charge is 0.493 e. The zero-order chi connectivity index (χ0) is 11.4. The van der Waals surface area contributed by atoms with Gasteiger partial charge in [-0.1, -0.05) is 0 Å². The van der Waals surface area contributed by atoms with E-state index in [1.54, 1.807) is 12.1 Å². The van der Waals surface area contributed by atoms with Crippen LogP contribution in [0.3, 0.4) is 0 Å². The molecule has 0 saturated carbocycles. The molecule has 1 rings (SSSR count). The highest BCUT2D eigenvalue weighted by molar-refractivity contribution is 5.94. The summed E-state index contributed by atoms with van der Waals surface area (Å²) < 4.78 is 15.4. The first kappa shape index (κ1) is 11.2. The lowest BCUT2D eigenvalue weighted by atomic mass is 10.1. The molecule has 0 bridgehead atoms.